The van der Waals surface area contributed by atoms with E-state index in [9.17, 15) is 31.2 Å². The fraction of sp³-hybridized carbons (Fsp3) is 0.444. The van der Waals surface area contributed by atoms with Crippen molar-refractivity contribution in [3.05, 3.63) is 59.7 Å². The van der Waals surface area contributed by atoms with Crippen molar-refractivity contribution in [1.82, 2.24) is 15.5 Å². The first-order valence-corrected chi connectivity index (χ1v) is 14.3. The average Bonchev–Trinajstić information content (AvgIpc) is 3.70. The van der Waals surface area contributed by atoms with Crippen LogP contribution in [0.15, 0.2) is 53.4 Å². The van der Waals surface area contributed by atoms with Crippen LogP contribution in [0.25, 0.3) is 0 Å². The van der Waals surface area contributed by atoms with Gasteiger partial charge in [0.15, 0.2) is 0 Å². The number of aryl methyl sites for hydroxylation is 1. The summed E-state index contributed by atoms with van der Waals surface area (Å²) in [7, 11) is -4.39. The highest BCUT2D eigenvalue weighted by Crippen LogP contribution is 2.36. The summed E-state index contributed by atoms with van der Waals surface area (Å²) in [5, 5.41) is 14.5. The molecule has 13 heteroatoms. The van der Waals surface area contributed by atoms with Crippen LogP contribution < -0.4 is 14.9 Å². The molecule has 2 aliphatic rings. The van der Waals surface area contributed by atoms with Crippen LogP contribution in [-0.4, -0.2) is 57.0 Å². The molecule has 0 radical (unpaired) electrons. The Bertz CT molecular complexity index is 1410. The maximum Gasteiger partial charge on any atom is 0.416 e. The molecule has 9 nitrogen and oxygen atoms in total. The van der Waals surface area contributed by atoms with E-state index in [1.807, 2.05) is 0 Å². The number of benzene rings is 2. The van der Waals surface area contributed by atoms with Crippen LogP contribution in [0.1, 0.15) is 36.8 Å². The fourth-order valence-electron chi connectivity index (χ4n) is 4.64. The Morgan fingerprint density at radius 3 is 2.50 bits per heavy atom. The molecule has 1 aliphatic heterocycles. The third-order valence-corrected chi connectivity index (χ3v) is 8.93. The summed E-state index contributed by atoms with van der Waals surface area (Å²) in [5.74, 6) is -0.679. The van der Waals surface area contributed by atoms with Gasteiger partial charge in [0.1, 0.15) is 12.1 Å². The molecular weight excluding hydrogens is 547 g/mol. The number of likely N-dealkylation sites (tertiary alicyclic amines) is 1. The smallest absolute Gasteiger partial charge is 0.341 e. The maximum atomic E-state index is 13.6. The van der Waals surface area contributed by atoms with E-state index in [0.717, 1.165) is 16.4 Å². The van der Waals surface area contributed by atoms with Crippen LogP contribution in [0.2, 0.25) is 0 Å². The van der Waals surface area contributed by atoms with E-state index < -0.39 is 45.8 Å². The highest BCUT2D eigenvalue weighted by atomic mass is 32.2. The number of sulfonamides is 1. The fourth-order valence-corrected chi connectivity index (χ4v) is 6.13. The summed E-state index contributed by atoms with van der Waals surface area (Å²) in [4.78, 5) is 26.9. The zero-order valence-corrected chi connectivity index (χ0v) is 22.7. The van der Waals surface area contributed by atoms with Crippen molar-refractivity contribution in [1.29, 1.82) is 5.26 Å². The van der Waals surface area contributed by atoms with E-state index in [0.29, 0.717) is 32.2 Å². The van der Waals surface area contributed by atoms with E-state index in [4.69, 9.17) is 5.26 Å². The third kappa shape index (κ3) is 6.67. The zero-order chi connectivity index (χ0) is 29.1. The number of rotatable bonds is 8. The van der Waals surface area contributed by atoms with Gasteiger partial charge >= 0.3 is 12.2 Å². The van der Waals surface area contributed by atoms with Gasteiger partial charge in [-0.25, -0.2) is 13.2 Å². The molecular formula is C27H30F3N5O4S. The second-order valence-corrected chi connectivity index (χ2v) is 12.1. The molecule has 40 heavy (non-hydrogen) atoms. The number of nitrogens with one attached hydrogen (secondary N) is 2. The molecule has 214 valence electrons. The predicted octanol–water partition coefficient (Wildman–Crippen LogP) is 3.80. The maximum absolute atomic E-state index is 13.6. The Balaban J connectivity index is 1.53. The summed E-state index contributed by atoms with van der Waals surface area (Å²) in [6, 6.07) is 11.6. The minimum Gasteiger partial charge on any atom is -0.341 e. The van der Waals surface area contributed by atoms with Crippen LogP contribution in [-0.2, 0) is 21.0 Å². The van der Waals surface area contributed by atoms with Crippen molar-refractivity contribution in [2.75, 3.05) is 30.5 Å². The first-order chi connectivity index (χ1) is 18.8. The molecule has 2 aromatic carbocycles. The Labute approximate surface area is 231 Å². The van der Waals surface area contributed by atoms with Crippen LogP contribution in [0.4, 0.5) is 23.7 Å². The summed E-state index contributed by atoms with van der Waals surface area (Å²) in [5.41, 5.74) is -1.81. The van der Waals surface area contributed by atoms with Gasteiger partial charge in [-0.3, -0.25) is 9.10 Å². The molecule has 1 heterocycles. The SMILES string of the molecule is Cc1ccc(C(F)(F)F)cc1N(CC(=O)N1CCCC(CNC(=O)NC2(C#N)CC2)C1)S(=O)(=O)c1ccccc1. The lowest BCUT2D eigenvalue weighted by atomic mass is 9.98. The van der Waals surface area contributed by atoms with Crippen molar-refractivity contribution in [3.8, 4) is 6.07 Å². The number of halogens is 3. The number of carbonyl (C=O) groups excluding carboxylic acids is 2. The highest BCUT2D eigenvalue weighted by molar-refractivity contribution is 7.92. The van der Waals surface area contributed by atoms with Crippen LogP contribution in [0.5, 0.6) is 0 Å². The molecule has 0 spiro atoms. The van der Waals surface area contributed by atoms with Gasteiger partial charge in [0.05, 0.1) is 22.2 Å². The molecule has 1 saturated heterocycles. The lowest BCUT2D eigenvalue weighted by Crippen LogP contribution is -2.50. The molecule has 0 aromatic heterocycles. The normalized spacial score (nSPS) is 18.4. The van der Waals surface area contributed by atoms with E-state index >= 15 is 0 Å². The van der Waals surface area contributed by atoms with E-state index in [1.165, 1.54) is 42.2 Å². The molecule has 2 aromatic rings. The van der Waals surface area contributed by atoms with Crippen molar-refractivity contribution < 1.29 is 31.2 Å². The molecule has 3 amide bonds. The van der Waals surface area contributed by atoms with Gasteiger partial charge in [0.25, 0.3) is 10.0 Å². The van der Waals surface area contributed by atoms with E-state index in [1.54, 1.807) is 6.07 Å². The molecule has 4 rings (SSSR count). The minimum absolute atomic E-state index is 0.116. The summed E-state index contributed by atoms with van der Waals surface area (Å²) < 4.78 is 68.6. The second kappa shape index (κ2) is 11.4. The van der Waals surface area contributed by atoms with Crippen molar-refractivity contribution >= 4 is 27.6 Å². The van der Waals surface area contributed by atoms with Gasteiger partial charge < -0.3 is 15.5 Å². The van der Waals surface area contributed by atoms with E-state index in [2.05, 4.69) is 16.7 Å². The second-order valence-electron chi connectivity index (χ2n) is 10.2. The Kier molecular flexibility index (Phi) is 8.30. The Morgan fingerprint density at radius 2 is 1.88 bits per heavy atom. The highest BCUT2D eigenvalue weighted by Gasteiger charge is 2.44. The molecule has 2 fully saturated rings. The molecule has 1 atom stereocenters. The molecule has 1 unspecified atom stereocenters. The number of carbonyl (C=O) groups is 2. The van der Waals surface area contributed by atoms with Gasteiger partial charge in [-0.1, -0.05) is 24.3 Å². The van der Waals surface area contributed by atoms with Gasteiger partial charge in [-0.05, 0) is 68.4 Å². The van der Waals surface area contributed by atoms with Crippen molar-refractivity contribution in [2.24, 2.45) is 5.92 Å². The number of nitriles is 1. The number of anilines is 1. The first kappa shape index (κ1) is 29.2. The number of nitrogens with zero attached hydrogens (tertiary/aromatic N) is 3. The number of hydrogen-bond donors (Lipinski definition) is 2. The van der Waals surface area contributed by atoms with Crippen LogP contribution in [0, 0.1) is 24.2 Å². The summed E-state index contributed by atoms with van der Waals surface area (Å²) in [6.07, 6.45) is -2.20. The number of urea groups is 1. The van der Waals surface area contributed by atoms with E-state index in [-0.39, 0.29) is 35.2 Å². The summed E-state index contributed by atoms with van der Waals surface area (Å²) in [6.45, 7) is 1.63. The first-order valence-electron chi connectivity index (χ1n) is 12.9. The monoisotopic (exact) mass is 577 g/mol. The zero-order valence-electron chi connectivity index (χ0n) is 21.9. The number of piperidine rings is 1. The number of amides is 3. The van der Waals surface area contributed by atoms with Gasteiger partial charge in [0.2, 0.25) is 5.91 Å². The lowest BCUT2D eigenvalue weighted by Gasteiger charge is -2.35. The van der Waals surface area contributed by atoms with Crippen molar-refractivity contribution in [3.63, 3.8) is 0 Å². The van der Waals surface area contributed by atoms with Gasteiger partial charge in [0, 0.05) is 19.6 Å². The third-order valence-electron chi connectivity index (χ3n) is 7.16. The summed E-state index contributed by atoms with van der Waals surface area (Å²) >= 11 is 0. The standard InChI is InChI=1S/C27H30F3N5O4S/c1-19-9-10-21(27(28,29)30)14-23(19)35(40(38,39)22-7-3-2-4-8-22)17-24(36)34-13-5-6-20(16-34)15-32-25(37)33-26(18-31)11-12-26/h2-4,7-10,14,20H,5-6,11-13,15-17H2,1H3,(H2,32,33,37). The van der Waals surface area contributed by atoms with Gasteiger partial charge in [-0.15, -0.1) is 0 Å². The Hall–Kier alpha value is -3.79. The number of hydrogen-bond acceptors (Lipinski definition) is 5. The number of alkyl halides is 3. The predicted molar refractivity (Wildman–Crippen MR) is 141 cm³/mol. The molecule has 2 N–H and O–H groups in total. The van der Waals surface area contributed by atoms with Crippen molar-refractivity contribution in [2.45, 2.75) is 49.2 Å². The molecule has 1 saturated carbocycles. The molecule has 1 aliphatic carbocycles. The topological polar surface area (TPSA) is 123 Å². The van der Waals surface area contributed by atoms with Crippen LogP contribution in [0.3, 0.4) is 0 Å². The largest absolute Gasteiger partial charge is 0.416 e. The quantitative estimate of drug-likeness (QED) is 0.494. The minimum atomic E-state index is -4.71. The average molecular weight is 578 g/mol. The Morgan fingerprint density at radius 1 is 1.18 bits per heavy atom. The lowest BCUT2D eigenvalue weighted by molar-refractivity contribution is -0.137. The van der Waals surface area contributed by atoms with Crippen LogP contribution >= 0.6 is 0 Å². The molecule has 0 bridgehead atoms. The van der Waals surface area contributed by atoms with Gasteiger partial charge in [-0.2, -0.15) is 18.4 Å².